The summed E-state index contributed by atoms with van der Waals surface area (Å²) in [5.74, 6) is 4.10. The van der Waals surface area contributed by atoms with E-state index in [4.69, 9.17) is 0 Å². The molecule has 0 heterocycles. The highest BCUT2D eigenvalue weighted by molar-refractivity contribution is 6.10. The predicted molar refractivity (Wildman–Crippen MR) is 171 cm³/mol. The second-order valence-corrected chi connectivity index (χ2v) is 13.5. The lowest BCUT2D eigenvalue weighted by molar-refractivity contribution is 0.303. The third-order valence-corrected chi connectivity index (χ3v) is 11.1. The first kappa shape index (κ1) is 27.1. The number of fused-ring (bicyclic) bond motifs is 5. The summed E-state index contributed by atoms with van der Waals surface area (Å²) in [4.78, 5) is 0. The van der Waals surface area contributed by atoms with Gasteiger partial charge in [0.25, 0.3) is 0 Å². The van der Waals surface area contributed by atoms with Gasteiger partial charge in [-0.25, -0.2) is 0 Å². The first-order chi connectivity index (χ1) is 19.2. The minimum absolute atomic E-state index is 0.607. The molecular weight excluding hydrogens is 468 g/mol. The molecule has 0 spiro atoms. The summed E-state index contributed by atoms with van der Waals surface area (Å²) in [6.07, 6.45) is 27.6. The van der Waals surface area contributed by atoms with E-state index in [1.54, 1.807) is 22.1 Å². The predicted octanol–water partition coefficient (Wildman–Crippen LogP) is 12.0. The van der Waals surface area contributed by atoms with Gasteiger partial charge in [0, 0.05) is 5.92 Å². The molecule has 3 aliphatic carbocycles. The van der Waals surface area contributed by atoms with Crippen molar-refractivity contribution >= 4 is 21.5 Å². The summed E-state index contributed by atoms with van der Waals surface area (Å²) >= 11 is 0. The first-order valence-corrected chi connectivity index (χ1v) is 16.9. The van der Waals surface area contributed by atoms with Crippen LogP contribution in [0.4, 0.5) is 0 Å². The molecule has 0 aromatic heterocycles. The zero-order chi connectivity index (χ0) is 26.6. The Bertz CT molecular complexity index is 1260. The molecule has 0 heteroatoms. The van der Waals surface area contributed by atoms with E-state index >= 15 is 0 Å². The van der Waals surface area contributed by atoms with Crippen LogP contribution in [0, 0.1) is 17.8 Å². The van der Waals surface area contributed by atoms with Crippen molar-refractivity contribution in [2.45, 2.75) is 128 Å². The molecule has 0 aliphatic heterocycles. The number of rotatable bonds is 8. The molecule has 0 N–H and O–H groups in total. The van der Waals surface area contributed by atoms with Crippen molar-refractivity contribution in [1.82, 2.24) is 0 Å². The van der Waals surface area contributed by atoms with Gasteiger partial charge < -0.3 is 0 Å². The summed E-state index contributed by atoms with van der Waals surface area (Å²) in [7, 11) is 0. The fraction of sp³-hybridized carbons (Fsp3) is 0.590. The summed E-state index contributed by atoms with van der Waals surface area (Å²) in [6, 6.07) is 16.8. The number of aryl methyl sites for hydroxylation is 1. The Balaban J connectivity index is 1.32. The average molecular weight is 521 g/mol. The van der Waals surface area contributed by atoms with Crippen LogP contribution in [0.25, 0.3) is 21.5 Å². The SMILES string of the molecule is CCCCCC1CCC(c2cc3ccccc3c3ccc4c(c23)CCCC4C=CC2CCC(CC)CC2)CC1. The largest absolute Gasteiger partial charge is 0.0848 e. The van der Waals surface area contributed by atoms with Crippen LogP contribution < -0.4 is 0 Å². The van der Waals surface area contributed by atoms with Crippen LogP contribution in [0.2, 0.25) is 0 Å². The molecule has 208 valence electrons. The topological polar surface area (TPSA) is 0 Å². The van der Waals surface area contributed by atoms with Crippen molar-refractivity contribution in [1.29, 1.82) is 0 Å². The van der Waals surface area contributed by atoms with E-state index in [1.165, 1.54) is 119 Å². The molecule has 1 unspecified atom stereocenters. The van der Waals surface area contributed by atoms with E-state index in [0.29, 0.717) is 5.92 Å². The minimum Gasteiger partial charge on any atom is -0.0848 e. The maximum absolute atomic E-state index is 2.64. The fourth-order valence-corrected chi connectivity index (χ4v) is 8.64. The number of hydrogen-bond donors (Lipinski definition) is 0. The van der Waals surface area contributed by atoms with Gasteiger partial charge in [0.2, 0.25) is 0 Å². The Kier molecular flexibility index (Phi) is 8.77. The fourth-order valence-electron chi connectivity index (χ4n) is 8.64. The summed E-state index contributed by atoms with van der Waals surface area (Å²) in [5.41, 5.74) is 5.04. The van der Waals surface area contributed by atoms with Crippen molar-refractivity contribution in [3.8, 4) is 0 Å². The Hall–Kier alpha value is -2.08. The molecule has 3 aromatic carbocycles. The Morgan fingerprint density at radius 1 is 0.718 bits per heavy atom. The second kappa shape index (κ2) is 12.6. The van der Waals surface area contributed by atoms with Gasteiger partial charge in [0.15, 0.2) is 0 Å². The maximum atomic E-state index is 2.64. The Labute approximate surface area is 238 Å². The van der Waals surface area contributed by atoms with Crippen molar-refractivity contribution in [3.05, 3.63) is 71.3 Å². The van der Waals surface area contributed by atoms with E-state index in [0.717, 1.165) is 23.7 Å². The smallest absolute Gasteiger partial charge is 0.00211 e. The molecule has 39 heavy (non-hydrogen) atoms. The Morgan fingerprint density at radius 3 is 2.31 bits per heavy atom. The van der Waals surface area contributed by atoms with Gasteiger partial charge in [0.05, 0.1) is 0 Å². The average Bonchev–Trinajstić information content (AvgIpc) is 3.00. The molecule has 0 amide bonds. The molecular formula is C39H52. The van der Waals surface area contributed by atoms with Gasteiger partial charge in [0.1, 0.15) is 0 Å². The van der Waals surface area contributed by atoms with Crippen molar-refractivity contribution in [2.75, 3.05) is 0 Å². The van der Waals surface area contributed by atoms with Crippen LogP contribution in [0.5, 0.6) is 0 Å². The second-order valence-electron chi connectivity index (χ2n) is 13.5. The molecule has 1 atom stereocenters. The highest BCUT2D eigenvalue weighted by Crippen LogP contribution is 2.46. The molecule has 2 saturated carbocycles. The van der Waals surface area contributed by atoms with Gasteiger partial charge in [-0.2, -0.15) is 0 Å². The van der Waals surface area contributed by atoms with Crippen molar-refractivity contribution < 1.29 is 0 Å². The van der Waals surface area contributed by atoms with E-state index < -0.39 is 0 Å². The van der Waals surface area contributed by atoms with Gasteiger partial charge in [-0.15, -0.1) is 0 Å². The molecule has 2 fully saturated rings. The molecule has 0 radical (unpaired) electrons. The number of unbranched alkanes of at least 4 members (excludes halogenated alkanes) is 2. The van der Waals surface area contributed by atoms with E-state index in [-0.39, 0.29) is 0 Å². The van der Waals surface area contributed by atoms with Crippen LogP contribution >= 0.6 is 0 Å². The van der Waals surface area contributed by atoms with E-state index in [1.807, 2.05) is 0 Å². The molecule has 0 bridgehead atoms. The van der Waals surface area contributed by atoms with Gasteiger partial charge >= 0.3 is 0 Å². The van der Waals surface area contributed by atoms with Crippen molar-refractivity contribution in [3.63, 3.8) is 0 Å². The molecule has 0 saturated heterocycles. The lowest BCUT2D eigenvalue weighted by atomic mass is 9.73. The monoisotopic (exact) mass is 520 g/mol. The Morgan fingerprint density at radius 2 is 1.51 bits per heavy atom. The standard InChI is InChI=1S/C39H52/c1-3-5-6-10-29-19-23-32(24-20-29)38-27-33-11-7-8-13-34(33)37-26-25-35-31(12-9-14-36(35)39(37)38)22-21-30-17-15-28(4-2)16-18-30/h7-8,11,13,21-22,25-32H,3-6,9-10,12,14-20,23-24H2,1-2H3. The van der Waals surface area contributed by atoms with Crippen LogP contribution in [-0.4, -0.2) is 0 Å². The van der Waals surface area contributed by atoms with E-state index in [9.17, 15) is 0 Å². The molecule has 6 rings (SSSR count). The lowest BCUT2D eigenvalue weighted by Gasteiger charge is -2.32. The third kappa shape index (κ3) is 5.87. The minimum atomic E-state index is 0.607. The number of hydrogen-bond acceptors (Lipinski definition) is 0. The van der Waals surface area contributed by atoms with Gasteiger partial charge in [-0.1, -0.05) is 101 Å². The van der Waals surface area contributed by atoms with Crippen LogP contribution in [0.15, 0.2) is 54.6 Å². The zero-order valence-corrected chi connectivity index (χ0v) is 24.9. The normalized spacial score (nSPS) is 27.8. The number of benzene rings is 3. The summed E-state index contributed by atoms with van der Waals surface area (Å²) < 4.78 is 0. The molecule has 0 nitrogen and oxygen atoms in total. The van der Waals surface area contributed by atoms with Crippen LogP contribution in [0.3, 0.4) is 0 Å². The quantitative estimate of drug-likeness (QED) is 0.157. The number of allylic oxidation sites excluding steroid dienone is 2. The van der Waals surface area contributed by atoms with Crippen LogP contribution in [-0.2, 0) is 6.42 Å². The maximum Gasteiger partial charge on any atom is 0.00211 e. The lowest BCUT2D eigenvalue weighted by Crippen LogP contribution is -2.15. The summed E-state index contributed by atoms with van der Waals surface area (Å²) in [5, 5.41) is 6.08. The molecule has 3 aromatic rings. The first-order valence-electron chi connectivity index (χ1n) is 16.9. The van der Waals surface area contributed by atoms with Gasteiger partial charge in [-0.05, 0) is 133 Å². The zero-order valence-electron chi connectivity index (χ0n) is 24.9. The van der Waals surface area contributed by atoms with Crippen LogP contribution in [0.1, 0.15) is 139 Å². The third-order valence-electron chi connectivity index (χ3n) is 11.1. The van der Waals surface area contributed by atoms with Gasteiger partial charge in [-0.3, -0.25) is 0 Å². The van der Waals surface area contributed by atoms with E-state index in [2.05, 4.69) is 68.5 Å². The highest BCUT2D eigenvalue weighted by Gasteiger charge is 2.28. The highest BCUT2D eigenvalue weighted by atomic mass is 14.3. The summed E-state index contributed by atoms with van der Waals surface area (Å²) in [6.45, 7) is 4.71. The van der Waals surface area contributed by atoms with Crippen molar-refractivity contribution in [2.24, 2.45) is 17.8 Å². The molecule has 3 aliphatic rings.